The van der Waals surface area contributed by atoms with Crippen LogP contribution in [0.15, 0.2) is 28.7 Å². The van der Waals surface area contributed by atoms with Crippen LogP contribution in [0.25, 0.3) is 0 Å². The van der Waals surface area contributed by atoms with E-state index in [1.807, 2.05) is 17.8 Å². The van der Waals surface area contributed by atoms with E-state index in [0.29, 0.717) is 11.3 Å². The zero-order valence-electron chi connectivity index (χ0n) is 7.24. The summed E-state index contributed by atoms with van der Waals surface area (Å²) < 4.78 is 1.21. The van der Waals surface area contributed by atoms with E-state index in [-0.39, 0.29) is 0 Å². The first-order chi connectivity index (χ1) is 6.27. The third kappa shape index (κ3) is 2.09. The van der Waals surface area contributed by atoms with Crippen LogP contribution in [0.1, 0.15) is 17.2 Å². The van der Waals surface area contributed by atoms with Crippen LogP contribution in [0.3, 0.4) is 0 Å². The summed E-state index contributed by atoms with van der Waals surface area (Å²) in [5.41, 5.74) is 7.27. The summed E-state index contributed by atoms with van der Waals surface area (Å²) >= 11 is 5.53. The molecule has 1 nitrogen and oxygen atoms in total. The van der Waals surface area contributed by atoms with Crippen LogP contribution in [0.2, 0.25) is 0 Å². The normalized spacial score (nSPS) is 27.8. The van der Waals surface area contributed by atoms with Gasteiger partial charge >= 0.3 is 0 Å². The number of thioether (sulfide) groups is 1. The molecule has 1 saturated heterocycles. The van der Waals surface area contributed by atoms with Crippen molar-refractivity contribution in [3.63, 3.8) is 0 Å². The summed E-state index contributed by atoms with van der Waals surface area (Å²) in [7, 11) is 0. The monoisotopic (exact) mass is 257 g/mol. The van der Waals surface area contributed by atoms with Crippen molar-refractivity contribution >= 4 is 27.7 Å². The zero-order chi connectivity index (χ0) is 9.26. The molecule has 70 valence electrons. The lowest BCUT2D eigenvalue weighted by Crippen LogP contribution is -2.17. The molecule has 0 spiro atoms. The molecule has 1 heterocycles. The predicted molar refractivity (Wildman–Crippen MR) is 61.9 cm³/mol. The van der Waals surface area contributed by atoms with Gasteiger partial charge in [0, 0.05) is 21.5 Å². The van der Waals surface area contributed by atoms with E-state index in [1.165, 1.54) is 10.0 Å². The molecule has 1 fully saturated rings. The van der Waals surface area contributed by atoms with E-state index in [2.05, 4.69) is 34.1 Å². The third-order valence-electron chi connectivity index (χ3n) is 2.28. The van der Waals surface area contributed by atoms with Crippen molar-refractivity contribution in [1.29, 1.82) is 0 Å². The zero-order valence-corrected chi connectivity index (χ0v) is 9.64. The molecule has 13 heavy (non-hydrogen) atoms. The summed E-state index contributed by atoms with van der Waals surface area (Å²) in [4.78, 5) is 0. The van der Waals surface area contributed by atoms with Gasteiger partial charge in [0.25, 0.3) is 0 Å². The minimum atomic E-state index is 0.377. The fraction of sp³-hybridized carbons (Fsp3) is 0.400. The Morgan fingerprint density at radius 2 is 2.15 bits per heavy atom. The largest absolute Gasteiger partial charge is 0.327 e. The molecular weight excluding hydrogens is 246 g/mol. The van der Waals surface area contributed by atoms with Gasteiger partial charge in [-0.05, 0) is 18.1 Å². The SMILES string of the molecule is NC1CSC(c2ccccc2Br)C1. The van der Waals surface area contributed by atoms with Gasteiger partial charge < -0.3 is 5.73 Å². The maximum Gasteiger partial charge on any atom is 0.0324 e. The maximum atomic E-state index is 5.88. The van der Waals surface area contributed by atoms with Crippen LogP contribution >= 0.6 is 27.7 Å². The van der Waals surface area contributed by atoms with Crippen LogP contribution in [0.4, 0.5) is 0 Å². The molecule has 0 saturated carbocycles. The van der Waals surface area contributed by atoms with Gasteiger partial charge in [0.05, 0.1) is 0 Å². The van der Waals surface area contributed by atoms with Gasteiger partial charge in [0.2, 0.25) is 0 Å². The lowest BCUT2D eigenvalue weighted by Gasteiger charge is -2.10. The highest BCUT2D eigenvalue weighted by atomic mass is 79.9. The Morgan fingerprint density at radius 3 is 2.77 bits per heavy atom. The van der Waals surface area contributed by atoms with Crippen molar-refractivity contribution in [3.8, 4) is 0 Å². The molecule has 0 aliphatic carbocycles. The van der Waals surface area contributed by atoms with E-state index in [4.69, 9.17) is 5.73 Å². The Bertz CT molecular complexity index is 303. The molecule has 1 aliphatic rings. The molecule has 0 radical (unpaired) electrons. The summed E-state index contributed by atoms with van der Waals surface area (Å²) in [5.74, 6) is 1.09. The first-order valence-electron chi connectivity index (χ1n) is 4.39. The first-order valence-corrected chi connectivity index (χ1v) is 6.23. The molecule has 0 aromatic heterocycles. The molecular formula is C10H12BrNS. The minimum Gasteiger partial charge on any atom is -0.327 e. The highest BCUT2D eigenvalue weighted by Crippen LogP contribution is 2.41. The number of hydrogen-bond donors (Lipinski definition) is 1. The number of halogens is 1. The molecule has 1 aliphatic heterocycles. The van der Waals surface area contributed by atoms with E-state index in [1.54, 1.807) is 0 Å². The number of benzene rings is 1. The minimum absolute atomic E-state index is 0.377. The van der Waals surface area contributed by atoms with Crippen LogP contribution < -0.4 is 5.73 Å². The Labute approximate surface area is 91.2 Å². The fourth-order valence-electron chi connectivity index (χ4n) is 1.60. The summed E-state index contributed by atoms with van der Waals surface area (Å²) in [6, 6.07) is 8.79. The topological polar surface area (TPSA) is 26.0 Å². The maximum absolute atomic E-state index is 5.88. The molecule has 1 aromatic rings. The third-order valence-corrected chi connectivity index (χ3v) is 4.47. The average molecular weight is 258 g/mol. The molecule has 2 N–H and O–H groups in total. The van der Waals surface area contributed by atoms with Crippen molar-refractivity contribution in [1.82, 2.24) is 0 Å². The van der Waals surface area contributed by atoms with Crippen LogP contribution in [-0.2, 0) is 0 Å². The Balaban J connectivity index is 2.21. The Hall–Kier alpha value is 0.01000. The first kappa shape index (κ1) is 9.56. The molecule has 1 aromatic carbocycles. The van der Waals surface area contributed by atoms with Crippen LogP contribution in [0, 0.1) is 0 Å². The lowest BCUT2D eigenvalue weighted by molar-refractivity contribution is 0.699. The van der Waals surface area contributed by atoms with Gasteiger partial charge in [-0.25, -0.2) is 0 Å². The van der Waals surface area contributed by atoms with Gasteiger partial charge in [0.1, 0.15) is 0 Å². The van der Waals surface area contributed by atoms with Crippen molar-refractivity contribution in [2.45, 2.75) is 17.7 Å². The Morgan fingerprint density at radius 1 is 1.38 bits per heavy atom. The highest BCUT2D eigenvalue weighted by molar-refractivity contribution is 9.10. The second-order valence-corrected chi connectivity index (χ2v) is 5.43. The van der Waals surface area contributed by atoms with E-state index in [9.17, 15) is 0 Å². The molecule has 2 rings (SSSR count). The number of hydrogen-bond acceptors (Lipinski definition) is 2. The summed E-state index contributed by atoms with van der Waals surface area (Å²) in [6.45, 7) is 0. The highest BCUT2D eigenvalue weighted by Gasteiger charge is 2.24. The Kier molecular flexibility index (Phi) is 2.96. The standard InChI is InChI=1S/C10H12BrNS/c11-9-4-2-1-3-8(9)10-5-7(12)6-13-10/h1-4,7,10H,5-6,12H2. The van der Waals surface area contributed by atoms with Crippen molar-refractivity contribution in [3.05, 3.63) is 34.3 Å². The number of nitrogens with two attached hydrogens (primary N) is 1. The second-order valence-electron chi connectivity index (χ2n) is 3.34. The predicted octanol–water partition coefficient (Wildman–Crippen LogP) is 2.95. The van der Waals surface area contributed by atoms with Gasteiger partial charge in [-0.15, -0.1) is 0 Å². The second kappa shape index (κ2) is 4.03. The molecule has 3 heteroatoms. The fourth-order valence-corrected chi connectivity index (χ4v) is 3.70. The van der Waals surface area contributed by atoms with E-state index >= 15 is 0 Å². The molecule has 2 unspecified atom stereocenters. The average Bonchev–Trinajstić information content (AvgIpc) is 2.53. The number of rotatable bonds is 1. The quantitative estimate of drug-likeness (QED) is 0.838. The van der Waals surface area contributed by atoms with E-state index in [0.717, 1.165) is 12.2 Å². The van der Waals surface area contributed by atoms with Gasteiger partial charge in [0.15, 0.2) is 0 Å². The van der Waals surface area contributed by atoms with Crippen molar-refractivity contribution < 1.29 is 0 Å². The summed E-state index contributed by atoms with van der Waals surface area (Å²) in [6.07, 6.45) is 1.10. The van der Waals surface area contributed by atoms with Crippen molar-refractivity contribution in [2.75, 3.05) is 5.75 Å². The van der Waals surface area contributed by atoms with Gasteiger partial charge in [-0.1, -0.05) is 34.1 Å². The molecule has 0 bridgehead atoms. The molecule has 2 atom stereocenters. The van der Waals surface area contributed by atoms with Gasteiger partial charge in [-0.3, -0.25) is 0 Å². The lowest BCUT2D eigenvalue weighted by atomic mass is 10.1. The summed E-state index contributed by atoms with van der Waals surface area (Å²) in [5, 5.41) is 0.588. The van der Waals surface area contributed by atoms with E-state index < -0.39 is 0 Å². The smallest absolute Gasteiger partial charge is 0.0324 e. The molecule has 0 amide bonds. The van der Waals surface area contributed by atoms with Crippen LogP contribution in [0.5, 0.6) is 0 Å². The van der Waals surface area contributed by atoms with Crippen molar-refractivity contribution in [2.24, 2.45) is 5.73 Å². The van der Waals surface area contributed by atoms with Gasteiger partial charge in [-0.2, -0.15) is 11.8 Å². The van der Waals surface area contributed by atoms with Crippen LogP contribution in [-0.4, -0.2) is 11.8 Å².